The maximum atomic E-state index is 11.1. The number of aryl methyl sites for hydroxylation is 1. The van der Waals surface area contributed by atoms with Gasteiger partial charge in [0, 0.05) is 31.2 Å². The zero-order valence-corrected chi connectivity index (χ0v) is 10.9. The lowest BCUT2D eigenvalue weighted by atomic mass is 10.2. The molecular weight excluding hydrogens is 238 g/mol. The van der Waals surface area contributed by atoms with Crippen molar-refractivity contribution in [3.05, 3.63) is 12.4 Å². The molecule has 0 atom stereocenters. The second kappa shape index (κ2) is 5.08. The highest BCUT2D eigenvalue weighted by molar-refractivity contribution is 7.90. The van der Waals surface area contributed by atoms with Crippen molar-refractivity contribution in [2.45, 2.75) is 38.3 Å². The molecule has 1 N–H and O–H groups in total. The van der Waals surface area contributed by atoms with Crippen LogP contribution in [0.15, 0.2) is 12.4 Å². The zero-order valence-electron chi connectivity index (χ0n) is 10.1. The fourth-order valence-corrected chi connectivity index (χ4v) is 2.68. The molecule has 1 aliphatic carbocycles. The molecule has 5 nitrogen and oxygen atoms in total. The van der Waals surface area contributed by atoms with Crippen molar-refractivity contribution in [2.24, 2.45) is 0 Å². The van der Waals surface area contributed by atoms with E-state index in [0.29, 0.717) is 12.6 Å². The molecule has 1 heterocycles. The molecule has 96 valence electrons. The van der Waals surface area contributed by atoms with E-state index in [-0.39, 0.29) is 5.75 Å². The molecule has 0 aromatic carbocycles. The van der Waals surface area contributed by atoms with Crippen LogP contribution in [0.5, 0.6) is 0 Å². The number of sulfone groups is 1. The third-order valence-electron chi connectivity index (χ3n) is 3.11. The minimum atomic E-state index is -2.92. The summed E-state index contributed by atoms with van der Waals surface area (Å²) in [6, 6.07) is 0.495. The van der Waals surface area contributed by atoms with Gasteiger partial charge in [0.1, 0.15) is 9.84 Å². The molecule has 1 saturated carbocycles. The minimum absolute atomic E-state index is 0.155. The molecular formula is C11H19N3O2S. The molecule has 0 unspecified atom stereocenters. The summed E-state index contributed by atoms with van der Waals surface area (Å²) in [4.78, 5) is 4.24. The summed E-state index contributed by atoms with van der Waals surface area (Å²) in [5.41, 5.74) is 0. The normalized spacial score (nSPS) is 17.5. The Labute approximate surface area is 102 Å². The van der Waals surface area contributed by atoms with Crippen LogP contribution >= 0.6 is 0 Å². The minimum Gasteiger partial charge on any atom is -0.353 e. The fraction of sp³-hybridized carbons (Fsp3) is 0.727. The predicted molar refractivity (Wildman–Crippen MR) is 67.8 cm³/mol. The van der Waals surface area contributed by atoms with Crippen LogP contribution in [0.3, 0.4) is 0 Å². The summed E-state index contributed by atoms with van der Waals surface area (Å²) in [6.07, 6.45) is 9.68. The molecule has 0 radical (unpaired) electrons. The lowest BCUT2D eigenvalue weighted by Crippen LogP contribution is -2.19. The Morgan fingerprint density at radius 1 is 1.47 bits per heavy atom. The van der Waals surface area contributed by atoms with Crippen LogP contribution in [0, 0.1) is 0 Å². The molecule has 1 aromatic heterocycles. The van der Waals surface area contributed by atoms with E-state index in [2.05, 4.69) is 10.3 Å². The first-order valence-corrected chi connectivity index (χ1v) is 8.06. The number of nitrogens with zero attached hydrogens (tertiary/aromatic N) is 2. The van der Waals surface area contributed by atoms with E-state index in [4.69, 9.17) is 0 Å². The first kappa shape index (κ1) is 12.4. The van der Waals surface area contributed by atoms with E-state index in [1.165, 1.54) is 31.9 Å². The summed E-state index contributed by atoms with van der Waals surface area (Å²) in [5, 5.41) is 3.38. The number of hydrogen-bond acceptors (Lipinski definition) is 4. The van der Waals surface area contributed by atoms with Crippen molar-refractivity contribution >= 4 is 15.8 Å². The zero-order chi connectivity index (χ0) is 12.3. The van der Waals surface area contributed by atoms with Gasteiger partial charge >= 0.3 is 0 Å². The van der Waals surface area contributed by atoms with Crippen molar-refractivity contribution in [3.63, 3.8) is 0 Å². The van der Waals surface area contributed by atoms with Crippen LogP contribution in [-0.2, 0) is 16.4 Å². The molecule has 1 aromatic rings. The summed E-state index contributed by atoms with van der Waals surface area (Å²) in [7, 11) is -2.92. The third-order valence-corrected chi connectivity index (χ3v) is 4.03. The van der Waals surface area contributed by atoms with Crippen LogP contribution in [0.2, 0.25) is 0 Å². The predicted octanol–water partition coefficient (Wildman–Crippen LogP) is 1.28. The average molecular weight is 257 g/mol. The molecule has 0 amide bonds. The van der Waals surface area contributed by atoms with Crippen molar-refractivity contribution < 1.29 is 8.42 Å². The van der Waals surface area contributed by atoms with E-state index in [1.54, 1.807) is 6.20 Å². The molecule has 1 fully saturated rings. The molecule has 2 rings (SSSR count). The Kier molecular flexibility index (Phi) is 3.71. The van der Waals surface area contributed by atoms with Gasteiger partial charge < -0.3 is 9.88 Å². The van der Waals surface area contributed by atoms with Gasteiger partial charge in [-0.25, -0.2) is 13.4 Å². The van der Waals surface area contributed by atoms with Crippen LogP contribution < -0.4 is 5.32 Å². The van der Waals surface area contributed by atoms with Gasteiger partial charge in [0.15, 0.2) is 0 Å². The average Bonchev–Trinajstić information content (AvgIpc) is 2.86. The second-order valence-electron chi connectivity index (χ2n) is 4.70. The van der Waals surface area contributed by atoms with E-state index in [1.807, 2.05) is 10.8 Å². The van der Waals surface area contributed by atoms with Crippen LogP contribution in [-0.4, -0.2) is 36.0 Å². The van der Waals surface area contributed by atoms with Crippen LogP contribution in [0.1, 0.15) is 25.7 Å². The number of anilines is 1. The van der Waals surface area contributed by atoms with Crippen LogP contribution in [0.25, 0.3) is 0 Å². The molecule has 1 aliphatic rings. The highest BCUT2D eigenvalue weighted by Gasteiger charge is 2.16. The molecule has 0 saturated heterocycles. The highest BCUT2D eigenvalue weighted by Crippen LogP contribution is 2.21. The highest BCUT2D eigenvalue weighted by atomic mass is 32.2. The smallest absolute Gasteiger partial charge is 0.203 e. The van der Waals surface area contributed by atoms with Gasteiger partial charge in [0.05, 0.1) is 5.75 Å². The first-order valence-electron chi connectivity index (χ1n) is 6.00. The van der Waals surface area contributed by atoms with Crippen molar-refractivity contribution in [1.82, 2.24) is 9.55 Å². The lowest BCUT2D eigenvalue weighted by molar-refractivity contribution is 0.594. The van der Waals surface area contributed by atoms with Gasteiger partial charge in [-0.15, -0.1) is 0 Å². The van der Waals surface area contributed by atoms with Gasteiger partial charge in [-0.2, -0.15) is 0 Å². The molecule has 6 heteroatoms. The van der Waals surface area contributed by atoms with Gasteiger partial charge in [0.25, 0.3) is 0 Å². The van der Waals surface area contributed by atoms with Crippen molar-refractivity contribution in [3.8, 4) is 0 Å². The van der Waals surface area contributed by atoms with Crippen molar-refractivity contribution in [1.29, 1.82) is 0 Å². The number of hydrogen-bond donors (Lipinski definition) is 1. The second-order valence-corrected chi connectivity index (χ2v) is 6.96. The third kappa shape index (κ3) is 3.73. The molecule has 0 bridgehead atoms. The van der Waals surface area contributed by atoms with Crippen LogP contribution in [0.4, 0.5) is 5.95 Å². The SMILES string of the molecule is CS(=O)(=O)CCn1ccnc1NC1CCCC1. The standard InChI is InChI=1S/C11H19N3O2S/c1-17(15,16)9-8-14-7-6-12-11(14)13-10-4-2-3-5-10/h6-7,10H,2-5,8-9H2,1H3,(H,12,13). The maximum Gasteiger partial charge on any atom is 0.203 e. The summed E-state index contributed by atoms with van der Waals surface area (Å²) >= 11 is 0. The van der Waals surface area contributed by atoms with E-state index in [9.17, 15) is 8.42 Å². The summed E-state index contributed by atoms with van der Waals surface area (Å²) in [6.45, 7) is 0.466. The topological polar surface area (TPSA) is 64.0 Å². The largest absolute Gasteiger partial charge is 0.353 e. The number of aromatic nitrogens is 2. The van der Waals surface area contributed by atoms with Crippen molar-refractivity contribution in [2.75, 3.05) is 17.3 Å². The Morgan fingerprint density at radius 3 is 2.82 bits per heavy atom. The first-order chi connectivity index (χ1) is 8.04. The molecule has 17 heavy (non-hydrogen) atoms. The number of imidazole rings is 1. The molecule has 0 spiro atoms. The van der Waals surface area contributed by atoms with Gasteiger partial charge in [-0.1, -0.05) is 12.8 Å². The van der Waals surface area contributed by atoms with E-state index in [0.717, 1.165) is 5.95 Å². The number of nitrogens with one attached hydrogen (secondary N) is 1. The number of rotatable bonds is 5. The fourth-order valence-electron chi connectivity index (χ4n) is 2.15. The Hall–Kier alpha value is -1.04. The van der Waals surface area contributed by atoms with Gasteiger partial charge in [0.2, 0.25) is 5.95 Å². The maximum absolute atomic E-state index is 11.1. The van der Waals surface area contributed by atoms with Gasteiger partial charge in [-0.05, 0) is 12.8 Å². The Morgan fingerprint density at radius 2 is 2.18 bits per heavy atom. The molecule has 0 aliphatic heterocycles. The monoisotopic (exact) mass is 257 g/mol. The summed E-state index contributed by atoms with van der Waals surface area (Å²) < 4.78 is 24.1. The Bertz CT molecular complexity index is 461. The van der Waals surface area contributed by atoms with E-state index < -0.39 is 9.84 Å². The summed E-state index contributed by atoms with van der Waals surface area (Å²) in [5.74, 6) is 0.948. The van der Waals surface area contributed by atoms with Gasteiger partial charge in [-0.3, -0.25) is 0 Å². The lowest BCUT2D eigenvalue weighted by Gasteiger charge is -2.14. The van der Waals surface area contributed by atoms with E-state index >= 15 is 0 Å². The Balaban J connectivity index is 1.96. The quantitative estimate of drug-likeness (QED) is 0.863.